The second-order valence-corrected chi connectivity index (χ2v) is 4.45. The molecule has 0 amide bonds. The van der Waals surface area contributed by atoms with Gasteiger partial charge in [-0.3, -0.25) is 9.78 Å². The van der Waals surface area contributed by atoms with Crippen LogP contribution >= 0.6 is 0 Å². The first-order valence-corrected chi connectivity index (χ1v) is 5.64. The molecule has 0 aliphatic heterocycles. The molecule has 2 aromatic rings. The number of benzene rings is 1. The fourth-order valence-electron chi connectivity index (χ4n) is 1.87. The summed E-state index contributed by atoms with van der Waals surface area (Å²) in [6.45, 7) is 3.68. The minimum Gasteiger partial charge on any atom is -0.481 e. The van der Waals surface area contributed by atoms with Crippen molar-refractivity contribution in [2.75, 3.05) is 0 Å². The third kappa shape index (κ3) is 2.61. The van der Waals surface area contributed by atoms with Crippen molar-refractivity contribution in [2.24, 2.45) is 5.92 Å². The number of nitrogens with zero attached hydrogens (tertiary/aromatic N) is 1. The minimum atomic E-state index is -0.757. The lowest BCUT2D eigenvalue weighted by Crippen LogP contribution is -2.12. The first kappa shape index (κ1) is 11.6. The van der Waals surface area contributed by atoms with Gasteiger partial charge in [0.05, 0.1) is 5.92 Å². The summed E-state index contributed by atoms with van der Waals surface area (Å²) in [7, 11) is 0. The van der Waals surface area contributed by atoms with Crippen LogP contribution in [0.2, 0.25) is 0 Å². The van der Waals surface area contributed by atoms with Crippen molar-refractivity contribution < 1.29 is 9.90 Å². The molecule has 17 heavy (non-hydrogen) atoms. The molecule has 88 valence electrons. The lowest BCUT2D eigenvalue weighted by Gasteiger charge is -2.07. The monoisotopic (exact) mass is 229 g/mol. The summed E-state index contributed by atoms with van der Waals surface area (Å²) < 4.78 is 0. The normalized spacial score (nSPS) is 12.6. The van der Waals surface area contributed by atoms with Crippen molar-refractivity contribution in [1.82, 2.24) is 4.98 Å². The summed E-state index contributed by atoms with van der Waals surface area (Å²) in [5.41, 5.74) is 2.03. The predicted molar refractivity (Wildman–Crippen MR) is 67.0 cm³/mol. The first-order chi connectivity index (χ1) is 8.06. The van der Waals surface area contributed by atoms with Gasteiger partial charge in [-0.15, -0.1) is 0 Å². The Morgan fingerprint density at radius 1 is 1.35 bits per heavy atom. The van der Waals surface area contributed by atoms with Crippen LogP contribution < -0.4 is 0 Å². The van der Waals surface area contributed by atoms with E-state index >= 15 is 0 Å². The smallest absolute Gasteiger partial charge is 0.306 e. The fraction of sp³-hybridized carbons (Fsp3) is 0.286. The van der Waals surface area contributed by atoms with Gasteiger partial charge in [-0.25, -0.2) is 0 Å². The van der Waals surface area contributed by atoms with E-state index in [2.05, 4.69) is 4.98 Å². The predicted octanol–water partition coefficient (Wildman–Crippen LogP) is 2.81. The van der Waals surface area contributed by atoms with E-state index < -0.39 is 5.97 Å². The van der Waals surface area contributed by atoms with E-state index in [1.54, 1.807) is 6.92 Å². The van der Waals surface area contributed by atoms with Crippen LogP contribution in [0.1, 0.15) is 18.2 Å². The van der Waals surface area contributed by atoms with Crippen LogP contribution in [-0.2, 0) is 11.2 Å². The lowest BCUT2D eigenvalue weighted by atomic mass is 9.99. The molecule has 1 heterocycles. The molecule has 0 fully saturated rings. The van der Waals surface area contributed by atoms with Gasteiger partial charge >= 0.3 is 5.97 Å². The Morgan fingerprint density at radius 2 is 2.12 bits per heavy atom. The molecule has 1 unspecified atom stereocenters. The maximum Gasteiger partial charge on any atom is 0.306 e. The highest BCUT2D eigenvalue weighted by atomic mass is 16.4. The second-order valence-electron chi connectivity index (χ2n) is 4.45. The summed E-state index contributed by atoms with van der Waals surface area (Å²) in [5, 5.41) is 11.1. The van der Waals surface area contributed by atoms with E-state index in [-0.39, 0.29) is 5.92 Å². The maximum atomic E-state index is 10.8. The summed E-state index contributed by atoms with van der Waals surface area (Å²) in [6.07, 6.45) is 2.39. The van der Waals surface area contributed by atoms with E-state index in [0.717, 1.165) is 22.0 Å². The van der Waals surface area contributed by atoms with Crippen molar-refractivity contribution in [3.8, 4) is 0 Å². The van der Waals surface area contributed by atoms with Crippen LogP contribution in [-0.4, -0.2) is 16.1 Å². The number of aromatic nitrogens is 1. The van der Waals surface area contributed by atoms with Gasteiger partial charge in [0, 0.05) is 17.3 Å². The zero-order valence-electron chi connectivity index (χ0n) is 9.97. The molecule has 0 aliphatic carbocycles. The minimum absolute atomic E-state index is 0.356. The van der Waals surface area contributed by atoms with Crippen LogP contribution in [0.25, 0.3) is 10.8 Å². The van der Waals surface area contributed by atoms with Gasteiger partial charge in [-0.05, 0) is 36.4 Å². The largest absolute Gasteiger partial charge is 0.481 e. The number of carboxylic acids is 1. The van der Waals surface area contributed by atoms with Gasteiger partial charge < -0.3 is 5.11 Å². The van der Waals surface area contributed by atoms with Gasteiger partial charge in [0.2, 0.25) is 0 Å². The number of aryl methyl sites for hydroxylation is 1. The molecule has 1 N–H and O–H groups in total. The highest BCUT2D eigenvalue weighted by molar-refractivity contribution is 5.82. The lowest BCUT2D eigenvalue weighted by molar-refractivity contribution is -0.141. The number of fused-ring (bicyclic) bond motifs is 1. The third-order valence-electron chi connectivity index (χ3n) is 2.89. The number of rotatable bonds is 3. The van der Waals surface area contributed by atoms with Crippen molar-refractivity contribution in [3.05, 3.63) is 41.7 Å². The quantitative estimate of drug-likeness (QED) is 0.880. The number of hydrogen-bond donors (Lipinski definition) is 1. The Kier molecular flexibility index (Phi) is 3.09. The van der Waals surface area contributed by atoms with Crippen LogP contribution in [0.5, 0.6) is 0 Å². The Morgan fingerprint density at radius 3 is 2.82 bits per heavy atom. The fourth-order valence-corrected chi connectivity index (χ4v) is 1.87. The van der Waals surface area contributed by atoms with Crippen molar-refractivity contribution in [2.45, 2.75) is 20.3 Å². The highest BCUT2D eigenvalue weighted by Crippen LogP contribution is 2.18. The molecule has 2 rings (SSSR count). The van der Waals surface area contributed by atoms with E-state index in [1.165, 1.54) is 0 Å². The van der Waals surface area contributed by atoms with Crippen LogP contribution in [0.4, 0.5) is 0 Å². The average Bonchev–Trinajstić information content (AvgIpc) is 2.29. The van der Waals surface area contributed by atoms with Gasteiger partial charge in [0.15, 0.2) is 0 Å². The molecule has 0 saturated heterocycles. The van der Waals surface area contributed by atoms with Gasteiger partial charge in [0.25, 0.3) is 0 Å². The molecule has 0 spiro atoms. The van der Waals surface area contributed by atoms with E-state index in [0.29, 0.717) is 6.42 Å². The number of carbonyl (C=O) groups is 1. The summed E-state index contributed by atoms with van der Waals surface area (Å²) in [4.78, 5) is 15.0. The highest BCUT2D eigenvalue weighted by Gasteiger charge is 2.11. The number of pyridine rings is 1. The zero-order chi connectivity index (χ0) is 12.4. The van der Waals surface area contributed by atoms with Crippen molar-refractivity contribution >= 4 is 16.7 Å². The molecule has 0 radical (unpaired) electrons. The van der Waals surface area contributed by atoms with Crippen molar-refractivity contribution in [1.29, 1.82) is 0 Å². The summed E-state index contributed by atoms with van der Waals surface area (Å²) in [6, 6.07) is 8.05. The van der Waals surface area contributed by atoms with Gasteiger partial charge in [-0.1, -0.05) is 19.1 Å². The van der Waals surface area contributed by atoms with Gasteiger partial charge in [-0.2, -0.15) is 0 Å². The van der Waals surface area contributed by atoms with E-state index in [1.807, 2.05) is 37.4 Å². The second kappa shape index (κ2) is 4.53. The Hall–Kier alpha value is -1.90. The molecule has 1 aromatic carbocycles. The molecular formula is C14H15NO2. The van der Waals surface area contributed by atoms with Gasteiger partial charge in [0.1, 0.15) is 0 Å². The number of carboxylic acid groups (broad SMARTS) is 1. The standard InChI is InChI=1S/C14H15NO2/c1-9(14(16)17)5-11-3-4-12-6-10(2)15-8-13(12)7-11/h3-4,6-9H,5H2,1-2H3,(H,16,17). The average molecular weight is 229 g/mol. The maximum absolute atomic E-state index is 10.8. The number of hydrogen-bond acceptors (Lipinski definition) is 2. The van der Waals surface area contributed by atoms with Crippen LogP contribution in [0.3, 0.4) is 0 Å². The Labute approximate surface area is 100 Å². The van der Waals surface area contributed by atoms with E-state index in [4.69, 9.17) is 5.11 Å². The SMILES string of the molecule is Cc1cc2ccc(CC(C)C(=O)O)cc2cn1. The van der Waals surface area contributed by atoms with Crippen LogP contribution in [0, 0.1) is 12.8 Å². The first-order valence-electron chi connectivity index (χ1n) is 5.64. The van der Waals surface area contributed by atoms with Crippen molar-refractivity contribution in [3.63, 3.8) is 0 Å². The van der Waals surface area contributed by atoms with Crippen LogP contribution in [0.15, 0.2) is 30.5 Å². The Balaban J connectivity index is 2.32. The summed E-state index contributed by atoms with van der Waals surface area (Å²) in [5.74, 6) is -1.11. The molecule has 1 atom stereocenters. The molecular weight excluding hydrogens is 214 g/mol. The number of aliphatic carboxylic acids is 1. The van der Waals surface area contributed by atoms with E-state index in [9.17, 15) is 4.79 Å². The summed E-state index contributed by atoms with van der Waals surface area (Å²) >= 11 is 0. The Bertz CT molecular complexity index is 563. The third-order valence-corrected chi connectivity index (χ3v) is 2.89. The molecule has 1 aromatic heterocycles. The molecule has 3 heteroatoms. The topological polar surface area (TPSA) is 50.2 Å². The molecule has 0 saturated carbocycles. The zero-order valence-corrected chi connectivity index (χ0v) is 9.97. The molecule has 3 nitrogen and oxygen atoms in total. The molecule has 0 bridgehead atoms. The molecule has 0 aliphatic rings.